The van der Waals surface area contributed by atoms with Crippen molar-refractivity contribution < 1.29 is 0 Å². The summed E-state index contributed by atoms with van der Waals surface area (Å²) in [5.74, 6) is 2.84. The van der Waals surface area contributed by atoms with E-state index in [2.05, 4.69) is 106 Å². The highest BCUT2D eigenvalue weighted by molar-refractivity contribution is 8.11. The zero-order valence-corrected chi connectivity index (χ0v) is 20.4. The fourth-order valence-corrected chi connectivity index (χ4v) is 4.38. The fraction of sp³-hybridized carbons (Fsp3) is 0.345. The van der Waals surface area contributed by atoms with Gasteiger partial charge in [-0.3, -0.25) is 4.90 Å². The highest BCUT2D eigenvalue weighted by atomic mass is 32.2. The van der Waals surface area contributed by atoms with Gasteiger partial charge in [0.25, 0.3) is 0 Å². The van der Waals surface area contributed by atoms with Crippen LogP contribution in [0.1, 0.15) is 49.4 Å². The molecule has 0 fully saturated rings. The summed E-state index contributed by atoms with van der Waals surface area (Å²) in [7, 11) is 0. The molecule has 1 heterocycles. The first-order valence-electron chi connectivity index (χ1n) is 11.1. The molecule has 162 valence electrons. The van der Waals surface area contributed by atoms with E-state index < -0.39 is 0 Å². The van der Waals surface area contributed by atoms with E-state index in [0.717, 1.165) is 13.0 Å². The van der Waals surface area contributed by atoms with Crippen LogP contribution in [0.3, 0.4) is 0 Å². The molecule has 31 heavy (non-hydrogen) atoms. The number of allylic oxidation sites excluding steroid dienone is 1. The summed E-state index contributed by atoms with van der Waals surface area (Å²) in [6.45, 7) is 12.3. The first-order valence-corrected chi connectivity index (χ1v) is 12.0. The molecule has 0 spiro atoms. The molecule has 3 rings (SSSR count). The number of terminal acetylenes is 1. The van der Waals surface area contributed by atoms with Crippen molar-refractivity contribution in [2.45, 2.75) is 53.5 Å². The molecule has 0 amide bonds. The Morgan fingerprint density at radius 3 is 2.39 bits per heavy atom. The van der Waals surface area contributed by atoms with E-state index in [1.165, 1.54) is 38.5 Å². The Balaban J connectivity index is 0.00000107. The number of hydrogen-bond donors (Lipinski definition) is 0. The lowest BCUT2D eigenvalue weighted by Gasteiger charge is -2.29. The third-order valence-corrected chi connectivity index (χ3v) is 6.44. The third-order valence-electron chi connectivity index (χ3n) is 5.17. The van der Waals surface area contributed by atoms with Crippen LogP contribution in [0.4, 0.5) is 0 Å². The lowest BCUT2D eigenvalue weighted by Crippen LogP contribution is -2.36. The van der Waals surface area contributed by atoms with Gasteiger partial charge >= 0.3 is 0 Å². The Kier molecular flexibility index (Phi) is 10.5. The van der Waals surface area contributed by atoms with E-state index in [1.54, 1.807) is 11.8 Å². The van der Waals surface area contributed by atoms with Gasteiger partial charge in [-0.15, -0.1) is 12.2 Å². The summed E-state index contributed by atoms with van der Waals surface area (Å²) >= 11 is 1.80. The monoisotopic (exact) mass is 429 g/mol. The Hall–Kier alpha value is -2.43. The number of rotatable bonds is 7. The maximum Gasteiger partial charge on any atom is 0.0604 e. The summed E-state index contributed by atoms with van der Waals surface area (Å²) in [6, 6.07) is 17.5. The maximum atomic E-state index is 5.68. The number of aryl methyl sites for hydroxylation is 2. The second-order valence-corrected chi connectivity index (χ2v) is 8.99. The van der Waals surface area contributed by atoms with Crippen LogP contribution in [-0.4, -0.2) is 24.0 Å². The number of nitrogens with zero attached hydrogens (tertiary/aromatic N) is 1. The second kappa shape index (κ2) is 13.1. The van der Waals surface area contributed by atoms with Crippen molar-refractivity contribution in [2.75, 3.05) is 13.1 Å². The molecule has 1 atom stereocenters. The van der Waals surface area contributed by atoms with Crippen molar-refractivity contribution in [3.63, 3.8) is 0 Å². The SMILES string of the molecule is C#CCN(CCc1ccccc1C)C(C)C1=C=CC=C(c2ccc(C)cc2)S1.CCC. The van der Waals surface area contributed by atoms with Crippen LogP contribution in [0.5, 0.6) is 0 Å². The van der Waals surface area contributed by atoms with Crippen LogP contribution in [0, 0.1) is 26.2 Å². The predicted molar refractivity (Wildman–Crippen MR) is 139 cm³/mol. The van der Waals surface area contributed by atoms with Crippen molar-refractivity contribution in [1.29, 1.82) is 0 Å². The highest BCUT2D eigenvalue weighted by Gasteiger charge is 2.20. The predicted octanol–water partition coefficient (Wildman–Crippen LogP) is 7.41. The molecular formula is C29H35NS. The summed E-state index contributed by atoms with van der Waals surface area (Å²) in [5, 5.41) is 0. The molecule has 0 aromatic heterocycles. The average molecular weight is 430 g/mol. The molecule has 1 aliphatic heterocycles. The lowest BCUT2D eigenvalue weighted by molar-refractivity contribution is 0.272. The second-order valence-electron chi connectivity index (χ2n) is 7.91. The quantitative estimate of drug-likeness (QED) is 0.333. The summed E-state index contributed by atoms with van der Waals surface area (Å²) in [5.41, 5.74) is 8.70. The molecule has 0 saturated heterocycles. The van der Waals surface area contributed by atoms with Crippen LogP contribution < -0.4 is 0 Å². The van der Waals surface area contributed by atoms with E-state index in [1.807, 2.05) is 6.08 Å². The molecular weight excluding hydrogens is 394 g/mol. The van der Waals surface area contributed by atoms with Gasteiger partial charge in [0.15, 0.2) is 0 Å². The molecule has 2 aromatic carbocycles. The Morgan fingerprint density at radius 1 is 1.06 bits per heavy atom. The number of hydrogen-bond acceptors (Lipinski definition) is 2. The highest BCUT2D eigenvalue weighted by Crippen LogP contribution is 2.38. The van der Waals surface area contributed by atoms with E-state index in [0.29, 0.717) is 6.54 Å². The van der Waals surface area contributed by atoms with Gasteiger partial charge in [0.05, 0.1) is 6.54 Å². The van der Waals surface area contributed by atoms with E-state index in [9.17, 15) is 0 Å². The van der Waals surface area contributed by atoms with Gasteiger partial charge in [-0.05, 0) is 56.0 Å². The molecule has 0 saturated carbocycles. The average Bonchev–Trinajstić information content (AvgIpc) is 2.78. The molecule has 0 radical (unpaired) electrons. The minimum atomic E-state index is 0.232. The number of benzene rings is 2. The third kappa shape index (κ3) is 7.64. The topological polar surface area (TPSA) is 3.24 Å². The summed E-state index contributed by atoms with van der Waals surface area (Å²) < 4.78 is 0. The number of thioether (sulfide) groups is 1. The summed E-state index contributed by atoms with van der Waals surface area (Å²) in [4.78, 5) is 4.85. The largest absolute Gasteiger partial charge is 0.284 e. The van der Waals surface area contributed by atoms with E-state index in [4.69, 9.17) is 6.42 Å². The van der Waals surface area contributed by atoms with Gasteiger partial charge in [0.2, 0.25) is 0 Å². The van der Waals surface area contributed by atoms with E-state index in [-0.39, 0.29) is 6.04 Å². The molecule has 2 aromatic rings. The minimum Gasteiger partial charge on any atom is -0.284 e. The molecule has 0 bridgehead atoms. The maximum absolute atomic E-state index is 5.68. The Bertz CT molecular complexity index is 969. The molecule has 0 aliphatic carbocycles. The smallest absolute Gasteiger partial charge is 0.0604 e. The molecule has 1 nitrogen and oxygen atoms in total. The lowest BCUT2D eigenvalue weighted by atomic mass is 10.1. The van der Waals surface area contributed by atoms with Crippen molar-refractivity contribution >= 4 is 16.7 Å². The van der Waals surface area contributed by atoms with Crippen LogP contribution >= 0.6 is 11.8 Å². The first kappa shape index (κ1) is 24.8. The van der Waals surface area contributed by atoms with Crippen molar-refractivity contribution in [2.24, 2.45) is 0 Å². The molecule has 0 N–H and O–H groups in total. The molecule has 1 unspecified atom stereocenters. The van der Waals surface area contributed by atoms with Crippen LogP contribution in [0.15, 0.2) is 71.3 Å². The van der Waals surface area contributed by atoms with Crippen LogP contribution in [0.25, 0.3) is 4.91 Å². The minimum absolute atomic E-state index is 0.232. The van der Waals surface area contributed by atoms with Crippen LogP contribution in [-0.2, 0) is 6.42 Å². The molecule has 2 heteroatoms. The zero-order valence-electron chi connectivity index (χ0n) is 19.6. The van der Waals surface area contributed by atoms with E-state index >= 15 is 0 Å². The van der Waals surface area contributed by atoms with Crippen molar-refractivity contribution in [3.05, 3.63) is 93.6 Å². The fourth-order valence-electron chi connectivity index (χ4n) is 3.31. The van der Waals surface area contributed by atoms with Gasteiger partial charge in [-0.1, -0.05) is 92.0 Å². The Morgan fingerprint density at radius 2 is 1.74 bits per heavy atom. The standard InChI is InChI=1S/C26H27NS.C3H8/c1-5-18-27(19-17-23-10-7-6-9-21(23)3)22(4)25-11-8-12-26(28-25)24-15-13-20(2)14-16-24;1-3-2/h1,6-10,12-16,22H,17-19H2,2-4H3;3H2,1-2H3. The van der Waals surface area contributed by atoms with Crippen molar-refractivity contribution in [3.8, 4) is 12.3 Å². The Labute approximate surface area is 194 Å². The van der Waals surface area contributed by atoms with Gasteiger partial charge in [-0.2, -0.15) is 0 Å². The zero-order chi connectivity index (χ0) is 22.6. The molecule has 1 aliphatic rings. The van der Waals surface area contributed by atoms with Crippen molar-refractivity contribution in [1.82, 2.24) is 4.90 Å². The normalized spacial score (nSPS) is 13.6. The first-order chi connectivity index (χ1) is 15.0. The van der Waals surface area contributed by atoms with Gasteiger partial charge in [0.1, 0.15) is 0 Å². The summed E-state index contributed by atoms with van der Waals surface area (Å²) in [6.07, 6.45) is 12.1. The van der Waals surface area contributed by atoms with Crippen LogP contribution in [0.2, 0.25) is 0 Å². The van der Waals surface area contributed by atoms with Gasteiger partial charge in [0, 0.05) is 22.4 Å². The van der Waals surface area contributed by atoms with Gasteiger partial charge < -0.3 is 0 Å². The van der Waals surface area contributed by atoms with Gasteiger partial charge in [-0.25, -0.2) is 0 Å².